The van der Waals surface area contributed by atoms with Gasteiger partial charge in [0.2, 0.25) is 15.9 Å². The zero-order chi connectivity index (χ0) is 19.3. The summed E-state index contributed by atoms with van der Waals surface area (Å²) in [4.78, 5) is 14.3. The Morgan fingerprint density at radius 1 is 1.19 bits per heavy atom. The predicted molar refractivity (Wildman–Crippen MR) is 100 cm³/mol. The summed E-state index contributed by atoms with van der Waals surface area (Å²) in [5.41, 5.74) is 1.76. The number of phenols is 1. The van der Waals surface area contributed by atoms with E-state index < -0.39 is 10.0 Å². The van der Waals surface area contributed by atoms with Crippen molar-refractivity contribution >= 4 is 15.9 Å². The molecule has 0 bridgehead atoms. The van der Waals surface area contributed by atoms with Gasteiger partial charge in [0.15, 0.2) is 0 Å². The van der Waals surface area contributed by atoms with E-state index in [1.807, 2.05) is 13.0 Å². The largest absolute Gasteiger partial charge is 0.508 e. The molecule has 0 heterocycles. The normalized spacial score (nSPS) is 12.6. The summed E-state index contributed by atoms with van der Waals surface area (Å²) in [6, 6.07) is 13.2. The second-order valence-electron chi connectivity index (χ2n) is 6.13. The molecule has 0 fully saturated rings. The van der Waals surface area contributed by atoms with Crippen molar-refractivity contribution in [1.29, 1.82) is 0 Å². The summed E-state index contributed by atoms with van der Waals surface area (Å²) < 4.78 is 25.7. The number of phenolic OH excluding ortho intramolecular Hbond substituents is 1. The van der Waals surface area contributed by atoms with Crippen LogP contribution in [-0.2, 0) is 21.2 Å². The molecule has 7 heteroatoms. The Balaban J connectivity index is 1.97. The van der Waals surface area contributed by atoms with Gasteiger partial charge in [-0.2, -0.15) is 0 Å². The molecule has 1 atom stereocenters. The van der Waals surface area contributed by atoms with Crippen molar-refractivity contribution in [2.24, 2.45) is 0 Å². The predicted octanol–water partition coefficient (Wildman–Crippen LogP) is 2.45. The van der Waals surface area contributed by atoms with Crippen LogP contribution in [0, 0.1) is 0 Å². The van der Waals surface area contributed by atoms with Crippen LogP contribution in [0.3, 0.4) is 0 Å². The van der Waals surface area contributed by atoms with E-state index in [-0.39, 0.29) is 22.6 Å². The van der Waals surface area contributed by atoms with Crippen molar-refractivity contribution in [2.45, 2.75) is 30.7 Å². The molecule has 0 aliphatic heterocycles. The second kappa shape index (κ2) is 8.33. The van der Waals surface area contributed by atoms with Gasteiger partial charge in [0.05, 0.1) is 10.9 Å². The molecule has 2 rings (SSSR count). The molecule has 2 aromatic rings. The van der Waals surface area contributed by atoms with Gasteiger partial charge in [-0.25, -0.2) is 13.1 Å². The van der Waals surface area contributed by atoms with Crippen molar-refractivity contribution in [3.05, 3.63) is 59.7 Å². The number of benzene rings is 2. The number of carbonyl (C=O) groups is 1. The van der Waals surface area contributed by atoms with Crippen molar-refractivity contribution in [3.63, 3.8) is 0 Å². The quantitative estimate of drug-likeness (QED) is 0.777. The zero-order valence-electron chi connectivity index (χ0n) is 15.1. The Morgan fingerprint density at radius 2 is 1.85 bits per heavy atom. The van der Waals surface area contributed by atoms with Gasteiger partial charge in [0.1, 0.15) is 5.75 Å². The zero-order valence-corrected chi connectivity index (χ0v) is 16.0. The highest BCUT2D eigenvalue weighted by molar-refractivity contribution is 7.89. The van der Waals surface area contributed by atoms with Crippen molar-refractivity contribution in [3.8, 4) is 5.75 Å². The van der Waals surface area contributed by atoms with E-state index >= 15 is 0 Å². The highest BCUT2D eigenvalue weighted by Crippen LogP contribution is 2.23. The molecule has 0 aromatic heterocycles. The number of amides is 1. The van der Waals surface area contributed by atoms with E-state index in [1.165, 1.54) is 19.2 Å². The van der Waals surface area contributed by atoms with Crippen molar-refractivity contribution in [1.82, 2.24) is 9.62 Å². The van der Waals surface area contributed by atoms with Crippen LogP contribution in [0.5, 0.6) is 5.75 Å². The van der Waals surface area contributed by atoms with E-state index in [2.05, 4.69) is 4.72 Å². The topological polar surface area (TPSA) is 86.7 Å². The standard InChI is InChI=1S/C19H24N2O4S/c1-14(16-5-4-6-17(22)13-16)21(3)19(23)12-9-15-7-10-18(11-8-15)26(24,25)20-2/h4-8,10-11,13-14,20,22H,9,12H2,1-3H3/t14-/m0/s1. The summed E-state index contributed by atoms with van der Waals surface area (Å²) in [5.74, 6) is 0.152. The fraction of sp³-hybridized carbons (Fsp3) is 0.316. The van der Waals surface area contributed by atoms with Crippen LogP contribution in [-0.4, -0.2) is 38.4 Å². The van der Waals surface area contributed by atoms with Crippen LogP contribution in [0.4, 0.5) is 0 Å². The first-order valence-electron chi connectivity index (χ1n) is 8.31. The lowest BCUT2D eigenvalue weighted by molar-refractivity contribution is -0.131. The highest BCUT2D eigenvalue weighted by Gasteiger charge is 2.18. The molecule has 0 aliphatic carbocycles. The van der Waals surface area contributed by atoms with Crippen LogP contribution >= 0.6 is 0 Å². The minimum Gasteiger partial charge on any atom is -0.508 e. The van der Waals surface area contributed by atoms with Gasteiger partial charge in [-0.15, -0.1) is 0 Å². The maximum atomic E-state index is 12.4. The molecule has 0 unspecified atom stereocenters. The molecule has 26 heavy (non-hydrogen) atoms. The number of hydrogen-bond acceptors (Lipinski definition) is 4. The number of nitrogens with zero attached hydrogens (tertiary/aromatic N) is 1. The molecule has 0 saturated carbocycles. The van der Waals surface area contributed by atoms with Gasteiger partial charge in [-0.1, -0.05) is 24.3 Å². The summed E-state index contributed by atoms with van der Waals surface area (Å²) >= 11 is 0. The van der Waals surface area contributed by atoms with Crippen LogP contribution in [0.25, 0.3) is 0 Å². The second-order valence-corrected chi connectivity index (χ2v) is 8.01. The average Bonchev–Trinajstić information content (AvgIpc) is 2.65. The van der Waals surface area contributed by atoms with Gasteiger partial charge < -0.3 is 10.0 Å². The summed E-state index contributed by atoms with van der Waals surface area (Å²) in [6.07, 6.45) is 0.841. The van der Waals surface area contributed by atoms with Gasteiger partial charge >= 0.3 is 0 Å². The van der Waals surface area contributed by atoms with Crippen molar-refractivity contribution in [2.75, 3.05) is 14.1 Å². The third-order valence-corrected chi connectivity index (χ3v) is 5.89. The third-order valence-electron chi connectivity index (χ3n) is 4.46. The Labute approximate surface area is 154 Å². The summed E-state index contributed by atoms with van der Waals surface area (Å²) in [6.45, 7) is 1.91. The lowest BCUT2D eigenvalue weighted by atomic mass is 10.1. The summed E-state index contributed by atoms with van der Waals surface area (Å²) in [7, 11) is -0.348. The van der Waals surface area contributed by atoms with Crippen LogP contribution < -0.4 is 4.72 Å². The number of aromatic hydroxyl groups is 1. The maximum absolute atomic E-state index is 12.4. The van der Waals surface area contributed by atoms with E-state index in [9.17, 15) is 18.3 Å². The first-order valence-corrected chi connectivity index (χ1v) is 9.80. The molecular weight excluding hydrogens is 352 g/mol. The van der Waals surface area contributed by atoms with E-state index in [0.717, 1.165) is 11.1 Å². The van der Waals surface area contributed by atoms with Crippen LogP contribution in [0.15, 0.2) is 53.4 Å². The molecule has 0 spiro atoms. The van der Waals surface area contributed by atoms with Gasteiger partial charge in [0.25, 0.3) is 0 Å². The van der Waals surface area contributed by atoms with E-state index in [0.29, 0.717) is 12.8 Å². The Kier molecular flexibility index (Phi) is 6.39. The van der Waals surface area contributed by atoms with Gasteiger partial charge in [0, 0.05) is 13.5 Å². The number of hydrogen-bond donors (Lipinski definition) is 2. The molecule has 2 N–H and O–H groups in total. The minimum absolute atomic E-state index is 0.0206. The Bertz CT molecular complexity index is 863. The lowest BCUT2D eigenvalue weighted by Crippen LogP contribution is -2.29. The number of carbonyl (C=O) groups excluding carboxylic acids is 1. The smallest absolute Gasteiger partial charge is 0.240 e. The molecule has 0 saturated heterocycles. The summed E-state index contributed by atoms with van der Waals surface area (Å²) in [5, 5.41) is 9.58. The molecule has 1 amide bonds. The highest BCUT2D eigenvalue weighted by atomic mass is 32.2. The van der Waals surface area contributed by atoms with E-state index in [4.69, 9.17) is 0 Å². The van der Waals surface area contributed by atoms with Gasteiger partial charge in [-0.3, -0.25) is 4.79 Å². The minimum atomic E-state index is -3.45. The molecule has 140 valence electrons. The van der Waals surface area contributed by atoms with Crippen molar-refractivity contribution < 1.29 is 18.3 Å². The number of aryl methyl sites for hydroxylation is 1. The van der Waals surface area contributed by atoms with Gasteiger partial charge in [-0.05, 0) is 55.8 Å². The molecule has 0 aliphatic rings. The average molecular weight is 376 g/mol. The Hall–Kier alpha value is -2.38. The lowest BCUT2D eigenvalue weighted by Gasteiger charge is -2.25. The third kappa shape index (κ3) is 4.83. The monoisotopic (exact) mass is 376 g/mol. The molecule has 0 radical (unpaired) electrons. The van der Waals surface area contributed by atoms with Crippen LogP contribution in [0.2, 0.25) is 0 Å². The molecule has 2 aromatic carbocycles. The molecular formula is C19H24N2O4S. The fourth-order valence-corrected chi connectivity index (χ4v) is 3.34. The number of nitrogens with one attached hydrogen (secondary N) is 1. The molecule has 6 nitrogen and oxygen atoms in total. The first kappa shape index (κ1) is 19.9. The Morgan fingerprint density at radius 3 is 2.42 bits per heavy atom. The first-order chi connectivity index (χ1) is 12.2. The van der Waals surface area contributed by atoms with Crippen LogP contribution in [0.1, 0.15) is 30.5 Å². The van der Waals surface area contributed by atoms with E-state index in [1.54, 1.807) is 42.3 Å². The number of rotatable bonds is 7. The fourth-order valence-electron chi connectivity index (χ4n) is 2.60. The number of sulfonamides is 1. The maximum Gasteiger partial charge on any atom is 0.240 e. The SMILES string of the molecule is CNS(=O)(=O)c1ccc(CCC(=O)N(C)[C@@H](C)c2cccc(O)c2)cc1.